The van der Waals surface area contributed by atoms with Gasteiger partial charge in [0.1, 0.15) is 5.82 Å². The average Bonchev–Trinajstić information content (AvgIpc) is 3.00. The van der Waals surface area contributed by atoms with Crippen molar-refractivity contribution >= 4 is 23.6 Å². The maximum Gasteiger partial charge on any atom is 0.233 e. The molecule has 0 aliphatic carbocycles. The minimum Gasteiger partial charge on any atom is -0.351 e. The summed E-state index contributed by atoms with van der Waals surface area (Å²) in [6.07, 6.45) is 3.63. The van der Waals surface area contributed by atoms with E-state index in [1.54, 1.807) is 12.1 Å². The van der Waals surface area contributed by atoms with E-state index in [0.29, 0.717) is 31.2 Å². The van der Waals surface area contributed by atoms with Crippen molar-refractivity contribution in [3.05, 3.63) is 41.5 Å². The zero-order valence-corrected chi connectivity index (χ0v) is 18.3. The van der Waals surface area contributed by atoms with Crippen LogP contribution in [0.1, 0.15) is 50.9 Å². The van der Waals surface area contributed by atoms with E-state index in [4.69, 9.17) is 0 Å². The van der Waals surface area contributed by atoms with Crippen LogP contribution in [0.5, 0.6) is 0 Å². The highest BCUT2D eigenvalue weighted by molar-refractivity contribution is 8.00. The number of amides is 2. The van der Waals surface area contributed by atoms with Crippen LogP contribution in [0.4, 0.5) is 4.39 Å². The van der Waals surface area contributed by atoms with Gasteiger partial charge in [0.05, 0.1) is 11.8 Å². The van der Waals surface area contributed by atoms with Crippen LogP contribution in [-0.2, 0) is 29.2 Å². The second-order valence-corrected chi connectivity index (χ2v) is 8.68. The molecular formula is C21H28FN5O2S. The molecular weight excluding hydrogens is 405 g/mol. The zero-order chi connectivity index (χ0) is 21.5. The molecule has 9 heteroatoms. The lowest BCUT2D eigenvalue weighted by Gasteiger charge is -2.20. The van der Waals surface area contributed by atoms with Crippen LogP contribution in [0, 0.1) is 5.82 Å². The Bertz CT molecular complexity index is 871. The van der Waals surface area contributed by atoms with Gasteiger partial charge in [0.2, 0.25) is 11.8 Å². The van der Waals surface area contributed by atoms with Crippen molar-refractivity contribution in [1.29, 1.82) is 0 Å². The Labute approximate surface area is 180 Å². The normalized spacial score (nSPS) is 15.7. The van der Waals surface area contributed by atoms with Gasteiger partial charge >= 0.3 is 0 Å². The number of benzene rings is 1. The first-order valence-corrected chi connectivity index (χ1v) is 11.2. The largest absolute Gasteiger partial charge is 0.351 e. The molecule has 1 aromatic heterocycles. The summed E-state index contributed by atoms with van der Waals surface area (Å²) >= 11 is 1.34. The molecule has 0 spiro atoms. The number of rotatable bonds is 8. The van der Waals surface area contributed by atoms with Crippen molar-refractivity contribution in [2.24, 2.45) is 0 Å². The minimum atomic E-state index is -0.368. The molecule has 1 aliphatic rings. The molecule has 162 valence electrons. The molecule has 2 heterocycles. The molecule has 0 radical (unpaired) electrons. The molecule has 1 atom stereocenters. The molecule has 7 nitrogen and oxygen atoms in total. The van der Waals surface area contributed by atoms with Crippen molar-refractivity contribution in [3.63, 3.8) is 0 Å². The molecule has 0 saturated carbocycles. The topological polar surface area (TPSA) is 80.1 Å². The second-order valence-electron chi connectivity index (χ2n) is 7.37. The van der Waals surface area contributed by atoms with E-state index >= 15 is 0 Å². The number of likely N-dealkylation sites (tertiary alicyclic amines) is 1. The third-order valence-electron chi connectivity index (χ3n) is 5.14. The Morgan fingerprint density at radius 3 is 2.73 bits per heavy atom. The molecule has 1 saturated heterocycles. The maximum absolute atomic E-state index is 13.0. The number of carbonyl (C=O) groups excluding carboxylic acids is 2. The number of hydrogen-bond acceptors (Lipinski definition) is 5. The number of thioether (sulfide) groups is 1. The summed E-state index contributed by atoms with van der Waals surface area (Å²) < 4.78 is 15.0. The first-order valence-electron chi connectivity index (χ1n) is 10.4. The molecule has 1 N–H and O–H groups in total. The third kappa shape index (κ3) is 5.81. The van der Waals surface area contributed by atoms with Crippen molar-refractivity contribution < 1.29 is 14.0 Å². The smallest absolute Gasteiger partial charge is 0.233 e. The van der Waals surface area contributed by atoms with Gasteiger partial charge < -0.3 is 14.8 Å². The second kappa shape index (κ2) is 10.6. The summed E-state index contributed by atoms with van der Waals surface area (Å²) in [7, 11) is 0. The lowest BCUT2D eigenvalue weighted by molar-refractivity contribution is -0.131. The molecule has 30 heavy (non-hydrogen) atoms. The van der Waals surface area contributed by atoms with E-state index in [0.717, 1.165) is 37.2 Å². The van der Waals surface area contributed by atoms with Crippen LogP contribution >= 0.6 is 11.8 Å². The number of aromatic nitrogens is 3. The Morgan fingerprint density at radius 2 is 2.00 bits per heavy atom. The van der Waals surface area contributed by atoms with Crippen molar-refractivity contribution in [1.82, 2.24) is 25.0 Å². The van der Waals surface area contributed by atoms with Crippen molar-refractivity contribution in [2.45, 2.75) is 69.6 Å². The first-order chi connectivity index (χ1) is 14.5. The summed E-state index contributed by atoms with van der Waals surface area (Å²) in [5, 5.41) is 11.7. The Kier molecular flexibility index (Phi) is 7.84. The van der Waals surface area contributed by atoms with Gasteiger partial charge in [0.25, 0.3) is 0 Å². The van der Waals surface area contributed by atoms with Gasteiger partial charge in [-0.2, -0.15) is 0 Å². The van der Waals surface area contributed by atoms with E-state index in [1.165, 1.54) is 23.9 Å². The van der Waals surface area contributed by atoms with Crippen LogP contribution in [0.2, 0.25) is 0 Å². The zero-order valence-electron chi connectivity index (χ0n) is 17.4. The van der Waals surface area contributed by atoms with Crippen molar-refractivity contribution in [3.8, 4) is 0 Å². The average molecular weight is 434 g/mol. The quantitative estimate of drug-likeness (QED) is 0.647. The van der Waals surface area contributed by atoms with E-state index in [9.17, 15) is 14.0 Å². The molecule has 1 aliphatic heterocycles. The van der Waals surface area contributed by atoms with Gasteiger partial charge in [0.15, 0.2) is 11.0 Å². The summed E-state index contributed by atoms with van der Waals surface area (Å²) in [6.45, 7) is 6.02. The van der Waals surface area contributed by atoms with Crippen LogP contribution in [0.3, 0.4) is 0 Å². The van der Waals surface area contributed by atoms with E-state index in [1.807, 2.05) is 23.3 Å². The monoisotopic (exact) mass is 433 g/mol. The summed E-state index contributed by atoms with van der Waals surface area (Å²) in [5.41, 5.74) is 0.836. The molecule has 1 fully saturated rings. The van der Waals surface area contributed by atoms with Gasteiger partial charge in [0, 0.05) is 26.1 Å². The van der Waals surface area contributed by atoms with Crippen molar-refractivity contribution in [2.75, 3.05) is 6.54 Å². The van der Waals surface area contributed by atoms with E-state index < -0.39 is 0 Å². The number of carbonyl (C=O) groups is 2. The minimum absolute atomic E-state index is 0.126. The summed E-state index contributed by atoms with van der Waals surface area (Å²) in [5.74, 6) is 0.486. The maximum atomic E-state index is 13.0. The van der Waals surface area contributed by atoms with E-state index in [-0.39, 0.29) is 22.9 Å². The van der Waals surface area contributed by atoms with Gasteiger partial charge in [-0.3, -0.25) is 9.59 Å². The highest BCUT2D eigenvalue weighted by Crippen LogP contribution is 2.24. The van der Waals surface area contributed by atoms with Gasteiger partial charge in [-0.25, -0.2) is 4.39 Å². The predicted molar refractivity (Wildman–Crippen MR) is 113 cm³/mol. The Balaban J connectivity index is 1.59. The van der Waals surface area contributed by atoms with E-state index in [2.05, 4.69) is 15.5 Å². The fourth-order valence-electron chi connectivity index (χ4n) is 3.36. The molecule has 0 unspecified atom stereocenters. The Hall–Kier alpha value is -2.42. The standard InChI is InChI=1S/C21H28FN5O2S/c1-3-27-18(14-26-12-6-4-5-7-19(26)28)24-25-21(27)30-15(2)20(29)23-13-16-8-10-17(22)11-9-16/h8-11,15H,3-7,12-14H2,1-2H3,(H,23,29)/t15-/m0/s1. The Morgan fingerprint density at radius 1 is 1.23 bits per heavy atom. The van der Waals surface area contributed by atoms with Crippen LogP contribution < -0.4 is 5.32 Å². The highest BCUT2D eigenvalue weighted by atomic mass is 32.2. The van der Waals surface area contributed by atoms with Gasteiger partial charge in [-0.05, 0) is 44.4 Å². The number of hydrogen-bond donors (Lipinski definition) is 1. The first kappa shape index (κ1) is 22.3. The fraction of sp³-hybridized carbons (Fsp3) is 0.524. The molecule has 1 aromatic carbocycles. The molecule has 2 amide bonds. The van der Waals surface area contributed by atoms with Crippen LogP contribution in [-0.4, -0.2) is 43.3 Å². The lowest BCUT2D eigenvalue weighted by Crippen LogP contribution is -2.31. The van der Waals surface area contributed by atoms with Gasteiger partial charge in [-0.1, -0.05) is 30.3 Å². The summed E-state index contributed by atoms with van der Waals surface area (Å²) in [4.78, 5) is 26.6. The van der Waals surface area contributed by atoms with Crippen LogP contribution in [0.25, 0.3) is 0 Å². The highest BCUT2D eigenvalue weighted by Gasteiger charge is 2.23. The third-order valence-corrected chi connectivity index (χ3v) is 6.23. The number of nitrogens with one attached hydrogen (secondary N) is 1. The fourth-order valence-corrected chi connectivity index (χ4v) is 4.32. The molecule has 3 rings (SSSR count). The number of nitrogens with zero attached hydrogens (tertiary/aromatic N) is 4. The molecule has 0 bridgehead atoms. The molecule has 2 aromatic rings. The predicted octanol–water partition coefficient (Wildman–Crippen LogP) is 3.14. The van der Waals surface area contributed by atoms with Gasteiger partial charge in [-0.15, -0.1) is 10.2 Å². The van der Waals surface area contributed by atoms with Crippen LogP contribution in [0.15, 0.2) is 29.4 Å². The lowest BCUT2D eigenvalue weighted by atomic mass is 10.2. The summed E-state index contributed by atoms with van der Waals surface area (Å²) in [6, 6.07) is 6.05. The SMILES string of the molecule is CCn1c(CN2CCCCCC2=O)nnc1S[C@@H](C)C(=O)NCc1ccc(F)cc1. The number of halogens is 1.